The van der Waals surface area contributed by atoms with Crippen molar-refractivity contribution in [3.8, 4) is 28.4 Å². The van der Waals surface area contributed by atoms with Crippen LogP contribution in [0.2, 0.25) is 0 Å². The Morgan fingerprint density at radius 3 is 2.21 bits per heavy atom. The van der Waals surface area contributed by atoms with Crippen molar-refractivity contribution in [1.82, 2.24) is 4.98 Å². The Labute approximate surface area is 307 Å². The number of aromatic nitrogens is 1. The van der Waals surface area contributed by atoms with E-state index in [0.29, 0.717) is 50.5 Å². The third-order valence-corrected chi connectivity index (χ3v) is 10.1. The molecule has 0 fully saturated rings. The van der Waals surface area contributed by atoms with E-state index < -0.39 is 26.4 Å². The van der Waals surface area contributed by atoms with E-state index in [4.69, 9.17) is 20.0 Å². The fraction of sp³-hybridized carbons (Fsp3) is 0.0286. The van der Waals surface area contributed by atoms with Gasteiger partial charge in [0.15, 0.2) is 11.5 Å². The van der Waals surface area contributed by atoms with Crippen molar-refractivity contribution in [2.75, 3.05) is 5.32 Å². The van der Waals surface area contributed by atoms with Crippen LogP contribution < -0.4 is 20.3 Å². The molecule has 270 valence electrons. The topological polar surface area (TPSA) is 212 Å². The lowest BCUT2D eigenvalue weighted by molar-refractivity contribution is -0.432. The summed E-state index contributed by atoms with van der Waals surface area (Å²) in [7, 11) is -4.65. The molecular weight excluding hydrogens is 753 g/mol. The fourth-order valence-corrected chi connectivity index (χ4v) is 7.32. The van der Waals surface area contributed by atoms with Gasteiger partial charge >= 0.3 is 0 Å². The van der Waals surface area contributed by atoms with Crippen LogP contribution in [0.5, 0.6) is 17.2 Å². The number of ketones is 1. The Morgan fingerprint density at radius 2 is 1.45 bits per heavy atom. The largest absolute Gasteiger partial charge is 0.489 e. The maximum atomic E-state index is 14.5. The van der Waals surface area contributed by atoms with Crippen molar-refractivity contribution >= 4 is 62.3 Å². The normalized spacial score (nSPS) is 12.1. The van der Waals surface area contributed by atoms with Gasteiger partial charge in [-0.25, -0.2) is 10.5 Å². The lowest BCUT2D eigenvalue weighted by atomic mass is 9.81. The summed E-state index contributed by atoms with van der Waals surface area (Å²) in [6.07, 6.45) is 0. The van der Waals surface area contributed by atoms with Crippen LogP contribution in [0.3, 0.4) is 0 Å². The zero-order chi connectivity index (χ0) is 37.1. The summed E-state index contributed by atoms with van der Waals surface area (Å²) in [5.74, 6) is 0.534. The zero-order valence-corrected chi connectivity index (χ0v) is 29.1. The van der Waals surface area contributed by atoms with Crippen LogP contribution in [0.25, 0.3) is 22.0 Å². The quantitative estimate of drug-likeness (QED) is 0.0307. The van der Waals surface area contributed by atoms with Crippen LogP contribution in [0, 0.1) is 0 Å². The monoisotopic (exact) mass is 776 g/mol. The number of hydrogen-bond donors (Lipinski definition) is 5. The highest BCUT2D eigenvalue weighted by Crippen LogP contribution is 2.47. The van der Waals surface area contributed by atoms with Crippen molar-refractivity contribution in [3.63, 3.8) is 0 Å². The Balaban J connectivity index is 1.45. The van der Waals surface area contributed by atoms with Crippen LogP contribution >= 0.6 is 24.1 Å². The molecule has 15 nitrogen and oxygen atoms in total. The summed E-state index contributed by atoms with van der Waals surface area (Å²) in [6.45, 7) is -0.239. The number of aromatic amines is 1. The number of fused-ring (bicyclic) bond motifs is 2. The number of carbonyl (C=O) groups is 1. The SMILES string of the molecule is O=C1c2ccccc2-c2c(COc3cccc(SOOO)c3)c(=O)[nH]c3c(Oc4ccccc4)cc(Nc4ccc(S(=O)(=O)O)cc4SOOO)c1c23. The molecule has 0 spiro atoms. The molecule has 53 heavy (non-hydrogen) atoms. The number of benzene rings is 5. The molecule has 7 rings (SSSR count). The van der Waals surface area contributed by atoms with E-state index in [0.717, 1.165) is 24.2 Å². The van der Waals surface area contributed by atoms with Crippen molar-refractivity contribution in [1.29, 1.82) is 0 Å². The molecule has 5 aromatic carbocycles. The van der Waals surface area contributed by atoms with Gasteiger partial charge in [0.1, 0.15) is 18.1 Å². The van der Waals surface area contributed by atoms with Crippen LogP contribution in [-0.4, -0.2) is 34.3 Å². The molecule has 5 N–H and O–H groups in total. The second-order valence-corrected chi connectivity index (χ2v) is 14.1. The molecule has 0 aliphatic heterocycles. The minimum absolute atomic E-state index is 0.0304. The molecule has 1 aromatic heterocycles. The maximum Gasteiger partial charge on any atom is 0.294 e. The Morgan fingerprint density at radius 1 is 0.736 bits per heavy atom. The first-order valence-electron chi connectivity index (χ1n) is 15.2. The third kappa shape index (κ3) is 7.50. The summed E-state index contributed by atoms with van der Waals surface area (Å²) in [5, 5.41) is 28.3. The van der Waals surface area contributed by atoms with E-state index in [1.54, 1.807) is 78.9 Å². The first-order chi connectivity index (χ1) is 25.7. The number of ether oxygens (including phenoxy) is 2. The Hall–Kier alpha value is -5.25. The van der Waals surface area contributed by atoms with Gasteiger partial charge in [-0.05, 0) is 54.1 Å². The first kappa shape index (κ1) is 36.1. The van der Waals surface area contributed by atoms with Gasteiger partial charge in [0.2, 0.25) is 0 Å². The van der Waals surface area contributed by atoms with Crippen LogP contribution in [0.4, 0.5) is 11.4 Å². The Bertz CT molecular complexity index is 2530. The number of anilines is 2. The van der Waals surface area contributed by atoms with Crippen molar-refractivity contribution in [3.05, 3.63) is 130 Å². The highest BCUT2D eigenvalue weighted by Gasteiger charge is 2.33. The third-order valence-electron chi connectivity index (χ3n) is 8.02. The van der Waals surface area contributed by atoms with Gasteiger partial charge in [-0.2, -0.15) is 8.42 Å². The average Bonchev–Trinajstić information content (AvgIpc) is 3.15. The summed E-state index contributed by atoms with van der Waals surface area (Å²) >= 11 is 1.16. The van der Waals surface area contributed by atoms with Gasteiger partial charge in [-0.15, -0.1) is 8.67 Å². The molecule has 1 aliphatic rings. The van der Waals surface area contributed by atoms with Gasteiger partial charge < -0.3 is 19.8 Å². The minimum atomic E-state index is -4.65. The minimum Gasteiger partial charge on any atom is -0.489 e. The van der Waals surface area contributed by atoms with E-state index in [9.17, 15) is 22.6 Å². The number of para-hydroxylation sites is 1. The lowest BCUT2D eigenvalue weighted by Gasteiger charge is -2.26. The summed E-state index contributed by atoms with van der Waals surface area (Å²) in [4.78, 5) is 31.5. The molecule has 0 saturated heterocycles. The second kappa shape index (κ2) is 15.4. The highest BCUT2D eigenvalue weighted by molar-refractivity contribution is 7.95. The number of H-pyrrole nitrogens is 1. The molecule has 1 heterocycles. The predicted octanol–water partition coefficient (Wildman–Crippen LogP) is 7.96. The van der Waals surface area contributed by atoms with Gasteiger partial charge in [0.05, 0.1) is 61.9 Å². The molecule has 0 atom stereocenters. The molecule has 0 amide bonds. The van der Waals surface area contributed by atoms with Crippen molar-refractivity contribution in [2.45, 2.75) is 21.3 Å². The number of nitrogens with one attached hydrogen (secondary N) is 2. The van der Waals surface area contributed by atoms with E-state index in [1.807, 2.05) is 0 Å². The van der Waals surface area contributed by atoms with Gasteiger partial charge in [0.25, 0.3) is 15.7 Å². The second-order valence-electron chi connectivity index (χ2n) is 11.1. The zero-order valence-electron chi connectivity index (χ0n) is 26.7. The van der Waals surface area contributed by atoms with Crippen molar-refractivity contribution < 1.29 is 56.5 Å². The van der Waals surface area contributed by atoms with Crippen LogP contribution in [-0.2, 0) is 35.5 Å². The number of rotatable bonds is 14. The lowest BCUT2D eigenvalue weighted by Crippen LogP contribution is -2.22. The van der Waals surface area contributed by atoms with Gasteiger partial charge in [0, 0.05) is 27.5 Å². The summed E-state index contributed by atoms with van der Waals surface area (Å²) in [5.41, 5.74) is 1.57. The van der Waals surface area contributed by atoms with Crippen LogP contribution in [0.15, 0.2) is 123 Å². The molecule has 0 radical (unpaired) electrons. The number of carbonyl (C=O) groups excluding carboxylic acids is 1. The van der Waals surface area contributed by atoms with E-state index in [1.165, 1.54) is 12.1 Å². The fourth-order valence-electron chi connectivity index (χ4n) is 5.84. The maximum absolute atomic E-state index is 14.5. The summed E-state index contributed by atoms with van der Waals surface area (Å²) < 4.78 is 55.1. The smallest absolute Gasteiger partial charge is 0.294 e. The molecule has 1 aliphatic carbocycles. The number of pyridine rings is 1. The van der Waals surface area contributed by atoms with Crippen molar-refractivity contribution in [2.24, 2.45) is 0 Å². The molecule has 0 saturated carbocycles. The molecular formula is C35H24N2O13S3. The van der Waals surface area contributed by atoms with Gasteiger partial charge in [-0.1, -0.05) is 58.6 Å². The van der Waals surface area contributed by atoms with E-state index >= 15 is 0 Å². The highest BCUT2D eigenvalue weighted by atomic mass is 32.2. The molecule has 18 heteroatoms. The van der Waals surface area contributed by atoms with E-state index in [2.05, 4.69) is 29.0 Å². The van der Waals surface area contributed by atoms with E-state index in [-0.39, 0.29) is 45.3 Å². The standard InChI is InChI=1S/C35H24N2O13S3/c38-34-24-12-5-4-11-23(24)30-25(18-45-20-9-6-10-21(15-20)51-49-47-40)35(39)37-33-28(46-19-7-2-1-3-8-19)17-27(31(34)32(30)33)36-26-14-13-22(53(42,43)44)16-29(26)52-50-48-41/h1-17,36,40-41H,18H2,(H,37,39)(H,42,43,44). The van der Waals surface area contributed by atoms with Gasteiger partial charge in [-0.3, -0.25) is 14.1 Å². The summed E-state index contributed by atoms with van der Waals surface area (Å²) in [6, 6.07) is 27.2. The molecule has 0 bridgehead atoms. The number of hydrogen-bond acceptors (Lipinski definition) is 15. The van der Waals surface area contributed by atoms with Crippen LogP contribution in [0.1, 0.15) is 21.5 Å². The molecule has 0 unspecified atom stereocenters. The first-order valence-corrected chi connectivity index (χ1v) is 18.1. The Kier molecular flexibility index (Phi) is 10.5. The average molecular weight is 777 g/mol. The molecule has 6 aromatic rings. The predicted molar refractivity (Wildman–Crippen MR) is 192 cm³/mol.